The Hall–Kier alpha value is 0.917. The van der Waals surface area contributed by atoms with Gasteiger partial charge in [-0.25, -0.2) is 0 Å². The van der Waals surface area contributed by atoms with Crippen molar-refractivity contribution >= 4 is 10.4 Å². The maximum atomic E-state index is 9.31. The van der Waals surface area contributed by atoms with E-state index < -0.39 is 10.4 Å². The van der Waals surface area contributed by atoms with E-state index in [2.05, 4.69) is 0 Å². The molecule has 0 atom stereocenters. The fourth-order valence-electron chi connectivity index (χ4n) is 0. The molecule has 0 aromatic rings. The van der Waals surface area contributed by atoms with E-state index >= 15 is 0 Å². The first-order valence-electron chi connectivity index (χ1n) is 0.810. The summed E-state index contributed by atoms with van der Waals surface area (Å²) in [7, 11) is -5.17. The Bertz CT molecular complexity index is 99.2. The molecule has 8 heteroatoms. The molecule has 0 radical (unpaired) electrons. The molecular weight excluding hydrogens is 177 g/mol. The summed E-state index contributed by atoms with van der Waals surface area (Å²) in [4.78, 5) is 0. The second kappa shape index (κ2) is 7.92. The Balaban J connectivity index is -0.0000000750. The molecule has 0 aromatic heterocycles. The SMILES string of the molecule is O=S(=O)([O-])[O-].[F][Mn+].[Li+]. The predicted octanol–water partition coefficient (Wildman–Crippen LogP) is -3.92. The smallest absolute Gasteiger partial charge is 1.00 e. The van der Waals surface area contributed by atoms with Crippen molar-refractivity contribution in [2.75, 3.05) is 0 Å². The zero-order chi connectivity index (χ0) is 6.50. The Labute approximate surface area is 66.9 Å². The molecular formula is FLiMnO4S. The van der Waals surface area contributed by atoms with Crippen molar-refractivity contribution in [2.24, 2.45) is 0 Å². The van der Waals surface area contributed by atoms with Crippen LogP contribution >= 0.6 is 0 Å². The van der Waals surface area contributed by atoms with Crippen LogP contribution in [-0.2, 0) is 26.9 Å². The minimum Gasteiger partial charge on any atom is 1.00 e. The normalized spacial score (nSPS) is 7.88. The van der Waals surface area contributed by atoms with E-state index in [4.69, 9.17) is 17.5 Å². The molecule has 0 amide bonds. The first kappa shape index (κ1) is 16.0. The van der Waals surface area contributed by atoms with Crippen molar-refractivity contribution in [1.82, 2.24) is 0 Å². The third-order valence-electron chi connectivity index (χ3n) is 0. The molecule has 4 nitrogen and oxygen atoms in total. The summed E-state index contributed by atoms with van der Waals surface area (Å²) in [6.45, 7) is 0. The number of hydrogen-bond donors (Lipinski definition) is 0. The quantitative estimate of drug-likeness (QED) is 0.215. The fraction of sp³-hybridized carbons (Fsp3) is 0. The number of rotatable bonds is 0. The third kappa shape index (κ3) is 288. The Morgan fingerprint density at radius 2 is 1.25 bits per heavy atom. The second-order valence-corrected chi connectivity index (χ2v) is 1.22. The summed E-state index contributed by atoms with van der Waals surface area (Å²) in [5.74, 6) is 0. The van der Waals surface area contributed by atoms with E-state index in [9.17, 15) is 3.55 Å². The van der Waals surface area contributed by atoms with Gasteiger partial charge in [-0.15, -0.1) is 0 Å². The molecule has 0 fully saturated rings. The van der Waals surface area contributed by atoms with Gasteiger partial charge in [0.1, 0.15) is 0 Å². The summed E-state index contributed by atoms with van der Waals surface area (Å²) in [5, 5.41) is 0. The van der Waals surface area contributed by atoms with Gasteiger partial charge < -0.3 is 9.11 Å². The van der Waals surface area contributed by atoms with E-state index in [0.29, 0.717) is 0 Å². The minimum atomic E-state index is -5.17. The van der Waals surface area contributed by atoms with E-state index in [-0.39, 0.29) is 18.9 Å². The van der Waals surface area contributed by atoms with Crippen LogP contribution in [0.5, 0.6) is 0 Å². The van der Waals surface area contributed by atoms with Gasteiger partial charge in [-0.3, -0.25) is 8.42 Å². The molecule has 0 aliphatic rings. The van der Waals surface area contributed by atoms with Crippen LogP contribution in [0.3, 0.4) is 0 Å². The van der Waals surface area contributed by atoms with Gasteiger partial charge in [-0.2, -0.15) is 0 Å². The molecule has 0 N–H and O–H groups in total. The van der Waals surface area contributed by atoms with Crippen molar-refractivity contribution in [3.8, 4) is 0 Å². The molecule has 0 heterocycles. The average Bonchev–Trinajstić information content (AvgIpc) is 1.36. The van der Waals surface area contributed by atoms with Crippen LogP contribution in [0.15, 0.2) is 0 Å². The van der Waals surface area contributed by atoms with E-state index in [0.717, 1.165) is 0 Å². The van der Waals surface area contributed by atoms with Crippen molar-refractivity contribution in [3.05, 3.63) is 0 Å². The summed E-state index contributed by atoms with van der Waals surface area (Å²) in [6.07, 6.45) is 0. The molecule has 0 aromatic carbocycles. The van der Waals surface area contributed by atoms with E-state index in [1.54, 1.807) is 0 Å². The maximum Gasteiger partial charge on any atom is 1.00 e. The van der Waals surface area contributed by atoms with Crippen molar-refractivity contribution < 1.29 is 56.4 Å². The van der Waals surface area contributed by atoms with Gasteiger partial charge in [0, 0.05) is 10.4 Å². The summed E-state index contributed by atoms with van der Waals surface area (Å²) in [6, 6.07) is 0. The summed E-state index contributed by atoms with van der Waals surface area (Å²) in [5.41, 5.74) is 0. The molecule has 0 saturated carbocycles. The standard InChI is InChI=1S/FH.Li.Mn.H2O4S/c;;;1-5(2,3)4/h1H;;;(H2,1,2,3,4)/q;+1;+2;/p-3. The van der Waals surface area contributed by atoms with Gasteiger partial charge in [0.15, 0.2) is 0 Å². The zero-order valence-corrected chi connectivity index (χ0v) is 5.79. The van der Waals surface area contributed by atoms with Crippen LogP contribution in [0.2, 0.25) is 0 Å². The average molecular weight is 177 g/mol. The predicted molar refractivity (Wildman–Crippen MR) is 11.6 cm³/mol. The third-order valence-corrected chi connectivity index (χ3v) is 0. The Morgan fingerprint density at radius 1 is 1.25 bits per heavy atom. The van der Waals surface area contributed by atoms with Crippen LogP contribution in [0.4, 0.5) is 3.55 Å². The zero-order valence-electron chi connectivity index (χ0n) is 3.80. The molecule has 0 aliphatic heterocycles. The van der Waals surface area contributed by atoms with Gasteiger partial charge in [0.2, 0.25) is 0 Å². The van der Waals surface area contributed by atoms with Crippen molar-refractivity contribution in [3.63, 3.8) is 0 Å². The Kier molecular flexibility index (Phi) is 15.8. The van der Waals surface area contributed by atoms with E-state index in [1.807, 2.05) is 0 Å². The molecule has 0 saturated heterocycles. The first-order valence-corrected chi connectivity index (χ1v) is 2.59. The largest absolute Gasteiger partial charge is 1.00 e. The summed E-state index contributed by atoms with van der Waals surface area (Å²) >= 11 is 1.44. The molecule has 0 rings (SSSR count). The van der Waals surface area contributed by atoms with Gasteiger partial charge >= 0.3 is 38.9 Å². The van der Waals surface area contributed by atoms with Crippen LogP contribution in [0, 0.1) is 0 Å². The second-order valence-electron chi connectivity index (χ2n) is 0.408. The van der Waals surface area contributed by atoms with E-state index in [1.165, 1.54) is 16.5 Å². The maximum absolute atomic E-state index is 9.31. The molecule has 45 valence electrons. The summed E-state index contributed by atoms with van der Waals surface area (Å²) < 4.78 is 43.4. The van der Waals surface area contributed by atoms with Gasteiger partial charge in [0.05, 0.1) is 0 Å². The van der Waals surface area contributed by atoms with Crippen LogP contribution in [0.1, 0.15) is 0 Å². The van der Waals surface area contributed by atoms with Gasteiger partial charge in [-0.05, 0) is 0 Å². The molecule has 0 aliphatic carbocycles. The number of halogens is 1. The van der Waals surface area contributed by atoms with Crippen LogP contribution in [0.25, 0.3) is 0 Å². The molecule has 0 unspecified atom stereocenters. The molecule has 0 bridgehead atoms. The van der Waals surface area contributed by atoms with Gasteiger partial charge in [-0.1, -0.05) is 0 Å². The monoisotopic (exact) mass is 177 g/mol. The first-order chi connectivity index (χ1) is 3.00. The molecule has 8 heavy (non-hydrogen) atoms. The minimum absolute atomic E-state index is 0. The topological polar surface area (TPSA) is 80.3 Å². The fourth-order valence-corrected chi connectivity index (χ4v) is 0. The molecule has 0 spiro atoms. The Morgan fingerprint density at radius 3 is 1.25 bits per heavy atom. The van der Waals surface area contributed by atoms with Gasteiger partial charge in [0.25, 0.3) is 0 Å². The van der Waals surface area contributed by atoms with Crippen LogP contribution < -0.4 is 18.9 Å². The van der Waals surface area contributed by atoms with Crippen LogP contribution in [-0.4, -0.2) is 17.5 Å². The number of hydrogen-bond acceptors (Lipinski definition) is 4. The van der Waals surface area contributed by atoms with Crippen molar-refractivity contribution in [2.45, 2.75) is 0 Å². The van der Waals surface area contributed by atoms with Crippen molar-refractivity contribution in [1.29, 1.82) is 0 Å².